The lowest BCUT2D eigenvalue weighted by Gasteiger charge is -2.04. The Balaban J connectivity index is 2.61. The summed E-state index contributed by atoms with van der Waals surface area (Å²) < 4.78 is 1.66. The van der Waals surface area contributed by atoms with Gasteiger partial charge in [0.25, 0.3) is 0 Å². The molecule has 0 unspecified atom stereocenters. The van der Waals surface area contributed by atoms with Gasteiger partial charge >= 0.3 is 0 Å². The smallest absolute Gasteiger partial charge is 0.125 e. The molecular weight excluding hydrogens is 166 g/mol. The largest absolute Gasteiger partial charge is 0.507 e. The van der Waals surface area contributed by atoms with E-state index in [-0.39, 0.29) is 5.75 Å². The van der Waals surface area contributed by atoms with Crippen molar-refractivity contribution in [2.24, 2.45) is 0 Å². The molecule has 0 saturated carbocycles. The molecule has 0 aliphatic rings. The maximum absolute atomic E-state index is 9.48. The number of nitrogens with zero attached hydrogens (tertiary/aromatic N) is 1. The van der Waals surface area contributed by atoms with Crippen LogP contribution in [0.5, 0.6) is 5.75 Å². The Kier molecular flexibility index (Phi) is 1.85. The fourth-order valence-corrected chi connectivity index (χ4v) is 1.38. The van der Waals surface area contributed by atoms with Gasteiger partial charge in [-0.25, -0.2) is 0 Å². The molecule has 0 aliphatic carbocycles. The van der Waals surface area contributed by atoms with Crippen LogP contribution in [0.1, 0.15) is 6.92 Å². The Morgan fingerprint density at radius 2 is 2.23 bits per heavy atom. The van der Waals surface area contributed by atoms with E-state index in [0.29, 0.717) is 6.61 Å². The molecule has 0 amide bonds. The van der Waals surface area contributed by atoms with Crippen molar-refractivity contribution in [3.05, 3.63) is 30.5 Å². The number of aromatic hydroxyl groups is 1. The van der Waals surface area contributed by atoms with Crippen molar-refractivity contribution in [3.63, 3.8) is 0 Å². The predicted molar refractivity (Wildman–Crippen MR) is 50.7 cm³/mol. The number of hydrogen-bond acceptors (Lipinski definition) is 2. The van der Waals surface area contributed by atoms with Crippen molar-refractivity contribution < 1.29 is 9.94 Å². The average molecular weight is 177 g/mol. The molecule has 0 radical (unpaired) electrons. The summed E-state index contributed by atoms with van der Waals surface area (Å²) in [6.07, 6.45) is 1.80. The molecule has 1 heterocycles. The summed E-state index contributed by atoms with van der Waals surface area (Å²) >= 11 is 0. The Morgan fingerprint density at radius 3 is 3.00 bits per heavy atom. The zero-order valence-corrected chi connectivity index (χ0v) is 7.40. The van der Waals surface area contributed by atoms with Crippen LogP contribution < -0.4 is 4.84 Å². The summed E-state index contributed by atoms with van der Waals surface area (Å²) in [6.45, 7) is 2.54. The molecule has 0 atom stereocenters. The fraction of sp³-hybridized carbons (Fsp3) is 0.200. The molecule has 0 fully saturated rings. The summed E-state index contributed by atoms with van der Waals surface area (Å²) in [6, 6.07) is 7.21. The van der Waals surface area contributed by atoms with E-state index in [4.69, 9.17) is 4.84 Å². The van der Waals surface area contributed by atoms with Crippen LogP contribution in [0.4, 0.5) is 0 Å². The highest BCUT2D eigenvalue weighted by atomic mass is 16.7. The molecule has 0 aliphatic heterocycles. The van der Waals surface area contributed by atoms with Crippen molar-refractivity contribution in [2.45, 2.75) is 6.92 Å². The van der Waals surface area contributed by atoms with Crippen molar-refractivity contribution in [1.82, 2.24) is 4.73 Å². The quantitative estimate of drug-likeness (QED) is 0.758. The minimum absolute atomic E-state index is 0.288. The third kappa shape index (κ3) is 1.22. The van der Waals surface area contributed by atoms with Crippen LogP contribution in [-0.4, -0.2) is 16.4 Å². The van der Waals surface area contributed by atoms with E-state index in [1.54, 1.807) is 23.1 Å². The molecule has 0 spiro atoms. The highest BCUT2D eigenvalue weighted by Gasteiger charge is 2.03. The topological polar surface area (TPSA) is 34.4 Å². The van der Waals surface area contributed by atoms with Crippen LogP contribution in [0.25, 0.3) is 10.9 Å². The van der Waals surface area contributed by atoms with Crippen LogP contribution >= 0.6 is 0 Å². The molecule has 1 aromatic carbocycles. The van der Waals surface area contributed by atoms with Crippen molar-refractivity contribution in [3.8, 4) is 5.75 Å². The van der Waals surface area contributed by atoms with E-state index in [1.165, 1.54) is 0 Å². The van der Waals surface area contributed by atoms with Gasteiger partial charge in [0.15, 0.2) is 0 Å². The number of fused-ring (bicyclic) bond motifs is 1. The number of benzene rings is 1. The Bertz CT molecular complexity index is 420. The Labute approximate surface area is 76.1 Å². The number of phenols is 1. The Morgan fingerprint density at radius 1 is 1.38 bits per heavy atom. The lowest BCUT2D eigenvalue weighted by molar-refractivity contribution is 0.132. The van der Waals surface area contributed by atoms with Gasteiger partial charge < -0.3 is 9.94 Å². The van der Waals surface area contributed by atoms with Gasteiger partial charge in [-0.3, -0.25) is 0 Å². The molecule has 1 N–H and O–H groups in total. The van der Waals surface area contributed by atoms with E-state index in [9.17, 15) is 5.11 Å². The first kappa shape index (κ1) is 7.98. The van der Waals surface area contributed by atoms with Gasteiger partial charge in [-0.1, -0.05) is 6.07 Å². The summed E-state index contributed by atoms with van der Waals surface area (Å²) in [4.78, 5) is 5.32. The van der Waals surface area contributed by atoms with Crippen LogP contribution in [0.3, 0.4) is 0 Å². The summed E-state index contributed by atoms with van der Waals surface area (Å²) in [7, 11) is 0. The molecule has 3 heteroatoms. The monoisotopic (exact) mass is 177 g/mol. The van der Waals surface area contributed by atoms with E-state index in [0.717, 1.165) is 10.9 Å². The van der Waals surface area contributed by atoms with E-state index in [1.807, 2.05) is 19.1 Å². The van der Waals surface area contributed by atoms with Gasteiger partial charge in [0.2, 0.25) is 0 Å². The molecular formula is C10H11NO2. The van der Waals surface area contributed by atoms with Crippen LogP contribution in [0.15, 0.2) is 30.5 Å². The molecule has 0 saturated heterocycles. The van der Waals surface area contributed by atoms with Crippen molar-refractivity contribution >= 4 is 10.9 Å². The molecule has 68 valence electrons. The van der Waals surface area contributed by atoms with Gasteiger partial charge in [0.1, 0.15) is 12.4 Å². The van der Waals surface area contributed by atoms with Crippen LogP contribution in [-0.2, 0) is 0 Å². The maximum Gasteiger partial charge on any atom is 0.125 e. The number of phenolic OH excluding ortho intramolecular Hbond substituents is 1. The fourth-order valence-electron chi connectivity index (χ4n) is 1.38. The first-order chi connectivity index (χ1) is 6.33. The lowest BCUT2D eigenvalue weighted by atomic mass is 10.2. The second kappa shape index (κ2) is 3.01. The summed E-state index contributed by atoms with van der Waals surface area (Å²) in [5.41, 5.74) is 0.891. The van der Waals surface area contributed by atoms with Gasteiger partial charge in [0, 0.05) is 11.6 Å². The molecule has 3 nitrogen and oxygen atoms in total. The minimum atomic E-state index is 0.288. The van der Waals surface area contributed by atoms with Crippen molar-refractivity contribution in [2.75, 3.05) is 6.61 Å². The standard InChI is InChI=1S/C10H11NO2/c1-2-13-11-7-6-8-9(11)4-3-5-10(8)12/h3-7,12H,2H2,1H3. The molecule has 1 aromatic heterocycles. The van der Waals surface area contributed by atoms with Gasteiger partial charge in [-0.15, -0.1) is 0 Å². The second-order valence-electron chi connectivity index (χ2n) is 2.77. The average Bonchev–Trinajstić information content (AvgIpc) is 2.51. The first-order valence-electron chi connectivity index (χ1n) is 4.25. The molecule has 2 rings (SSSR count). The SMILES string of the molecule is CCOn1ccc2c(O)cccc21. The molecule has 2 aromatic rings. The number of aromatic nitrogens is 1. The van der Waals surface area contributed by atoms with Crippen LogP contribution in [0.2, 0.25) is 0 Å². The molecule has 13 heavy (non-hydrogen) atoms. The van der Waals surface area contributed by atoms with Crippen LogP contribution in [0, 0.1) is 0 Å². The lowest BCUT2D eigenvalue weighted by Crippen LogP contribution is -2.08. The van der Waals surface area contributed by atoms with Crippen molar-refractivity contribution in [1.29, 1.82) is 0 Å². The van der Waals surface area contributed by atoms with Gasteiger partial charge in [-0.05, 0) is 25.1 Å². The van der Waals surface area contributed by atoms with E-state index < -0.39 is 0 Å². The first-order valence-corrected chi connectivity index (χ1v) is 4.25. The highest BCUT2D eigenvalue weighted by molar-refractivity contribution is 5.85. The summed E-state index contributed by atoms with van der Waals surface area (Å²) in [5.74, 6) is 0.288. The normalized spacial score (nSPS) is 10.5. The third-order valence-corrected chi connectivity index (χ3v) is 1.94. The number of rotatable bonds is 2. The van der Waals surface area contributed by atoms with Gasteiger partial charge in [0.05, 0.1) is 5.52 Å². The number of hydrogen-bond donors (Lipinski definition) is 1. The highest BCUT2D eigenvalue weighted by Crippen LogP contribution is 2.24. The van der Waals surface area contributed by atoms with E-state index >= 15 is 0 Å². The third-order valence-electron chi connectivity index (χ3n) is 1.94. The second-order valence-corrected chi connectivity index (χ2v) is 2.77. The maximum atomic E-state index is 9.48. The Hall–Kier alpha value is -1.64. The molecule has 0 bridgehead atoms. The zero-order valence-electron chi connectivity index (χ0n) is 7.40. The zero-order chi connectivity index (χ0) is 9.26. The minimum Gasteiger partial charge on any atom is -0.507 e. The summed E-state index contributed by atoms with van der Waals surface area (Å²) in [5, 5.41) is 10.3. The van der Waals surface area contributed by atoms with E-state index in [2.05, 4.69) is 0 Å². The predicted octanol–water partition coefficient (Wildman–Crippen LogP) is 1.80. The van der Waals surface area contributed by atoms with Gasteiger partial charge in [-0.2, -0.15) is 4.73 Å².